The van der Waals surface area contributed by atoms with Crippen LogP contribution in [0.15, 0.2) is 18.2 Å². The summed E-state index contributed by atoms with van der Waals surface area (Å²) in [6.45, 7) is 0.918. The number of carbonyl (C=O) groups excluding carboxylic acids is 2. The van der Waals surface area contributed by atoms with Crippen molar-refractivity contribution in [3.63, 3.8) is 0 Å². The Hall–Kier alpha value is -1.66. The smallest absolute Gasteiger partial charge is 0.225 e. The average molecular weight is 341 g/mol. The summed E-state index contributed by atoms with van der Waals surface area (Å²) >= 11 is 5.70. The Bertz CT molecular complexity index is 640. The maximum Gasteiger partial charge on any atom is 0.225 e. The van der Waals surface area contributed by atoms with Crippen molar-refractivity contribution in [2.24, 2.45) is 5.92 Å². The number of hydrogen-bond donors (Lipinski definition) is 1. The Kier molecular flexibility index (Phi) is 4.55. The highest BCUT2D eigenvalue weighted by molar-refractivity contribution is 6.30. The topological polar surface area (TPSA) is 58.6 Å². The maximum atomic E-state index is 13.6. The van der Waals surface area contributed by atoms with E-state index in [0.29, 0.717) is 25.1 Å². The lowest BCUT2D eigenvalue weighted by atomic mass is 10.0. The van der Waals surface area contributed by atoms with E-state index in [-0.39, 0.29) is 35.2 Å². The third-order valence-corrected chi connectivity index (χ3v) is 4.71. The summed E-state index contributed by atoms with van der Waals surface area (Å²) in [7, 11) is 1.69. The van der Waals surface area contributed by atoms with Gasteiger partial charge in [0.2, 0.25) is 11.8 Å². The van der Waals surface area contributed by atoms with Crippen LogP contribution in [-0.2, 0) is 14.3 Å². The van der Waals surface area contributed by atoms with Crippen molar-refractivity contribution in [3.05, 3.63) is 34.6 Å². The van der Waals surface area contributed by atoms with Crippen LogP contribution in [0.4, 0.5) is 4.39 Å². The Morgan fingerprint density at radius 1 is 1.48 bits per heavy atom. The number of halogens is 2. The lowest BCUT2D eigenvalue weighted by Gasteiger charge is -2.22. The maximum absolute atomic E-state index is 13.6. The first kappa shape index (κ1) is 16.2. The molecule has 1 N–H and O–H groups in total. The second-order valence-corrected chi connectivity index (χ2v) is 6.45. The molecule has 2 aliphatic heterocycles. The van der Waals surface area contributed by atoms with Crippen LogP contribution in [-0.4, -0.2) is 43.0 Å². The highest BCUT2D eigenvalue weighted by Crippen LogP contribution is 2.31. The van der Waals surface area contributed by atoms with Gasteiger partial charge in [-0.2, -0.15) is 0 Å². The van der Waals surface area contributed by atoms with Crippen LogP contribution >= 0.6 is 11.6 Å². The zero-order valence-corrected chi connectivity index (χ0v) is 13.5. The molecule has 2 heterocycles. The molecule has 3 rings (SSSR count). The largest absolute Gasteiger partial charge is 0.371 e. The molecule has 3 atom stereocenters. The molecule has 0 aliphatic carbocycles. The summed E-state index contributed by atoms with van der Waals surface area (Å²) in [5.74, 6) is -1.02. The predicted octanol–water partition coefficient (Wildman–Crippen LogP) is 1.90. The Morgan fingerprint density at radius 3 is 2.91 bits per heavy atom. The Morgan fingerprint density at radius 2 is 2.26 bits per heavy atom. The molecule has 124 valence electrons. The number of benzene rings is 1. The van der Waals surface area contributed by atoms with E-state index in [1.807, 2.05) is 0 Å². The van der Waals surface area contributed by atoms with E-state index in [1.165, 1.54) is 12.1 Å². The number of nitrogens with zero attached hydrogens (tertiary/aromatic N) is 1. The summed E-state index contributed by atoms with van der Waals surface area (Å²) in [6.07, 6.45) is 0.480. The molecular formula is C16H18ClFN2O3. The fraction of sp³-hybridized carbons (Fsp3) is 0.500. The SMILES string of the molecule is CN1C[C@H](C(=O)N[C@@H]2CCO[C@@H]2c2ccc(Cl)c(F)c2)CC1=O. The molecule has 2 amide bonds. The van der Waals surface area contributed by atoms with Crippen molar-refractivity contribution in [3.8, 4) is 0 Å². The Balaban J connectivity index is 1.68. The van der Waals surface area contributed by atoms with Crippen molar-refractivity contribution in [2.75, 3.05) is 20.2 Å². The number of rotatable bonds is 3. The third-order valence-electron chi connectivity index (χ3n) is 4.40. The molecule has 7 heteroatoms. The van der Waals surface area contributed by atoms with E-state index in [0.717, 1.165) is 0 Å². The number of nitrogens with one attached hydrogen (secondary N) is 1. The summed E-state index contributed by atoms with van der Waals surface area (Å²) in [5, 5.41) is 3.00. The Labute approximate surface area is 138 Å². The van der Waals surface area contributed by atoms with Crippen LogP contribution in [0.1, 0.15) is 24.5 Å². The minimum absolute atomic E-state index is 0.0239. The summed E-state index contributed by atoms with van der Waals surface area (Å²) in [6, 6.07) is 4.29. The number of ether oxygens (including phenoxy) is 1. The zero-order valence-electron chi connectivity index (χ0n) is 12.7. The van der Waals surface area contributed by atoms with Gasteiger partial charge in [-0.05, 0) is 24.1 Å². The molecule has 1 aromatic carbocycles. The van der Waals surface area contributed by atoms with E-state index in [1.54, 1.807) is 18.0 Å². The molecule has 0 radical (unpaired) electrons. The van der Waals surface area contributed by atoms with Crippen LogP contribution in [0.5, 0.6) is 0 Å². The van der Waals surface area contributed by atoms with Crippen molar-refractivity contribution in [1.82, 2.24) is 10.2 Å². The fourth-order valence-corrected chi connectivity index (χ4v) is 3.21. The fourth-order valence-electron chi connectivity index (χ4n) is 3.10. The molecule has 1 aromatic rings. The third kappa shape index (κ3) is 3.33. The van der Waals surface area contributed by atoms with Gasteiger partial charge in [0.1, 0.15) is 11.9 Å². The van der Waals surface area contributed by atoms with E-state index >= 15 is 0 Å². The van der Waals surface area contributed by atoms with Crippen molar-refractivity contribution in [2.45, 2.75) is 25.0 Å². The van der Waals surface area contributed by atoms with Gasteiger partial charge in [0.25, 0.3) is 0 Å². The molecule has 2 saturated heterocycles. The first-order valence-corrected chi connectivity index (χ1v) is 7.94. The molecule has 0 spiro atoms. The molecular weight excluding hydrogens is 323 g/mol. The predicted molar refractivity (Wildman–Crippen MR) is 82.4 cm³/mol. The number of carbonyl (C=O) groups is 2. The quantitative estimate of drug-likeness (QED) is 0.914. The van der Waals surface area contributed by atoms with Gasteiger partial charge in [-0.15, -0.1) is 0 Å². The monoisotopic (exact) mass is 340 g/mol. The lowest BCUT2D eigenvalue weighted by molar-refractivity contribution is -0.128. The van der Waals surface area contributed by atoms with E-state index in [4.69, 9.17) is 16.3 Å². The molecule has 2 fully saturated rings. The number of amides is 2. The van der Waals surface area contributed by atoms with Crippen LogP contribution in [0.25, 0.3) is 0 Å². The molecule has 0 saturated carbocycles. The van der Waals surface area contributed by atoms with Crippen molar-refractivity contribution in [1.29, 1.82) is 0 Å². The molecule has 23 heavy (non-hydrogen) atoms. The minimum Gasteiger partial charge on any atom is -0.371 e. The molecule has 0 bridgehead atoms. The van der Waals surface area contributed by atoms with Crippen molar-refractivity contribution < 1.29 is 18.7 Å². The van der Waals surface area contributed by atoms with Gasteiger partial charge in [-0.25, -0.2) is 4.39 Å². The van der Waals surface area contributed by atoms with Gasteiger partial charge in [0.05, 0.1) is 17.0 Å². The normalized spacial score (nSPS) is 27.5. The molecule has 2 aliphatic rings. The molecule has 5 nitrogen and oxygen atoms in total. The van der Waals surface area contributed by atoms with Gasteiger partial charge in [-0.1, -0.05) is 17.7 Å². The number of likely N-dealkylation sites (tertiary alicyclic amines) is 1. The van der Waals surface area contributed by atoms with Gasteiger partial charge in [0.15, 0.2) is 0 Å². The average Bonchev–Trinajstić information content (AvgIpc) is 3.09. The summed E-state index contributed by atoms with van der Waals surface area (Å²) < 4.78 is 19.3. The molecule has 0 unspecified atom stereocenters. The highest BCUT2D eigenvalue weighted by atomic mass is 35.5. The van der Waals surface area contributed by atoms with E-state index in [9.17, 15) is 14.0 Å². The standard InChI is InChI=1S/C16H18ClFN2O3/c1-20-8-10(7-14(20)21)16(22)19-13-4-5-23-15(13)9-2-3-11(17)12(18)6-9/h2-3,6,10,13,15H,4-5,7-8H2,1H3,(H,19,22)/t10-,13-,15-/m1/s1. The van der Waals surface area contributed by atoms with E-state index < -0.39 is 11.9 Å². The second kappa shape index (κ2) is 6.45. The van der Waals surface area contributed by atoms with Gasteiger partial charge >= 0.3 is 0 Å². The van der Waals surface area contributed by atoms with E-state index in [2.05, 4.69) is 5.32 Å². The van der Waals surface area contributed by atoms with Crippen LogP contribution in [0.3, 0.4) is 0 Å². The minimum atomic E-state index is -0.507. The van der Waals surface area contributed by atoms with Crippen LogP contribution in [0.2, 0.25) is 5.02 Å². The first-order chi connectivity index (χ1) is 11.0. The molecule has 0 aromatic heterocycles. The lowest BCUT2D eigenvalue weighted by Crippen LogP contribution is -2.41. The first-order valence-electron chi connectivity index (χ1n) is 7.56. The summed E-state index contributed by atoms with van der Waals surface area (Å²) in [4.78, 5) is 25.5. The number of hydrogen-bond acceptors (Lipinski definition) is 3. The highest BCUT2D eigenvalue weighted by Gasteiger charge is 2.36. The van der Waals surface area contributed by atoms with Gasteiger partial charge in [0, 0.05) is 26.6 Å². The second-order valence-electron chi connectivity index (χ2n) is 6.04. The van der Waals surface area contributed by atoms with Crippen LogP contribution in [0, 0.1) is 11.7 Å². The van der Waals surface area contributed by atoms with Crippen LogP contribution < -0.4 is 5.32 Å². The van der Waals surface area contributed by atoms with Crippen molar-refractivity contribution >= 4 is 23.4 Å². The zero-order chi connectivity index (χ0) is 16.6. The summed E-state index contributed by atoms with van der Waals surface area (Å²) in [5.41, 5.74) is 0.648. The van der Waals surface area contributed by atoms with Gasteiger partial charge in [-0.3, -0.25) is 9.59 Å². The van der Waals surface area contributed by atoms with Gasteiger partial charge < -0.3 is 15.0 Å².